The van der Waals surface area contributed by atoms with E-state index in [0.29, 0.717) is 12.2 Å². The van der Waals surface area contributed by atoms with Gasteiger partial charge in [0.1, 0.15) is 0 Å². The Morgan fingerprint density at radius 2 is 1.52 bits per heavy atom. The summed E-state index contributed by atoms with van der Waals surface area (Å²) in [6.07, 6.45) is 10.5. The van der Waals surface area contributed by atoms with Crippen LogP contribution in [0.3, 0.4) is 0 Å². The maximum absolute atomic E-state index is 6.28. The Kier molecular flexibility index (Phi) is 5.58. The Balaban J connectivity index is 1.30. The fourth-order valence-electron chi connectivity index (χ4n) is 4.23. The fourth-order valence-corrected chi connectivity index (χ4v) is 4.23. The van der Waals surface area contributed by atoms with Crippen molar-refractivity contribution in [1.82, 2.24) is 9.80 Å². The molecule has 0 bridgehead atoms. The minimum absolute atomic E-state index is 0.557. The molecule has 3 nitrogen and oxygen atoms in total. The van der Waals surface area contributed by atoms with Crippen molar-refractivity contribution < 1.29 is 4.74 Å². The Labute approximate surface area is 131 Å². The third kappa shape index (κ3) is 4.43. The van der Waals surface area contributed by atoms with Crippen LogP contribution in [0.15, 0.2) is 0 Å². The zero-order chi connectivity index (χ0) is 14.7. The molecule has 0 N–H and O–H groups in total. The summed E-state index contributed by atoms with van der Waals surface area (Å²) < 4.78 is 6.28. The van der Waals surface area contributed by atoms with Gasteiger partial charge in [0.15, 0.2) is 0 Å². The van der Waals surface area contributed by atoms with Crippen LogP contribution in [0.5, 0.6) is 0 Å². The highest BCUT2D eigenvalue weighted by molar-refractivity contribution is 4.83. The number of likely N-dealkylation sites (tertiary alicyclic amines) is 2. The van der Waals surface area contributed by atoms with Gasteiger partial charge in [-0.05, 0) is 70.5 Å². The number of nitrogens with zero attached hydrogens (tertiary/aromatic N) is 2. The highest BCUT2D eigenvalue weighted by atomic mass is 16.5. The van der Waals surface area contributed by atoms with Crippen LogP contribution in [0.1, 0.15) is 51.9 Å². The van der Waals surface area contributed by atoms with Crippen LogP contribution < -0.4 is 0 Å². The molecule has 0 amide bonds. The number of piperidine rings is 2. The van der Waals surface area contributed by atoms with Crippen LogP contribution in [0, 0.1) is 11.8 Å². The Bertz CT molecular complexity index is 300. The fraction of sp³-hybridized carbons (Fsp3) is 1.00. The molecule has 3 fully saturated rings. The quantitative estimate of drug-likeness (QED) is 0.775. The van der Waals surface area contributed by atoms with E-state index in [2.05, 4.69) is 23.8 Å². The van der Waals surface area contributed by atoms with Crippen LogP contribution in [0.25, 0.3) is 0 Å². The molecule has 3 rings (SSSR count). The predicted molar refractivity (Wildman–Crippen MR) is 87.6 cm³/mol. The summed E-state index contributed by atoms with van der Waals surface area (Å²) in [6, 6.07) is 0. The van der Waals surface area contributed by atoms with Gasteiger partial charge in [-0.15, -0.1) is 0 Å². The van der Waals surface area contributed by atoms with Crippen LogP contribution in [-0.4, -0.2) is 61.8 Å². The molecular weight excluding hydrogens is 260 g/mol. The van der Waals surface area contributed by atoms with Gasteiger partial charge >= 0.3 is 0 Å². The molecule has 0 aromatic heterocycles. The van der Waals surface area contributed by atoms with Crippen LogP contribution in [-0.2, 0) is 4.74 Å². The standard InChI is InChI=1S/C18H34N2O/c1-3-15-12-18(13-15)21-17-6-10-20(11-7-17)14-16-4-8-19(2)9-5-16/h15-18H,3-14H2,1-2H3/t15-,18-. The molecule has 2 aliphatic heterocycles. The zero-order valence-electron chi connectivity index (χ0n) is 14.1. The molecule has 0 aromatic rings. The molecule has 122 valence electrons. The van der Waals surface area contributed by atoms with Gasteiger partial charge in [-0.3, -0.25) is 0 Å². The summed E-state index contributed by atoms with van der Waals surface area (Å²) in [5.41, 5.74) is 0. The third-order valence-corrected chi connectivity index (χ3v) is 6.04. The highest BCUT2D eigenvalue weighted by Gasteiger charge is 2.32. The summed E-state index contributed by atoms with van der Waals surface area (Å²) in [5.74, 6) is 1.90. The lowest BCUT2D eigenvalue weighted by Gasteiger charge is -2.41. The van der Waals surface area contributed by atoms with E-state index in [0.717, 1.165) is 11.8 Å². The Morgan fingerprint density at radius 1 is 0.857 bits per heavy atom. The first kappa shape index (κ1) is 15.8. The lowest BCUT2D eigenvalue weighted by atomic mass is 9.80. The van der Waals surface area contributed by atoms with Gasteiger partial charge in [0.05, 0.1) is 12.2 Å². The average Bonchev–Trinajstić information content (AvgIpc) is 2.46. The van der Waals surface area contributed by atoms with Crippen molar-refractivity contribution in [2.45, 2.75) is 64.1 Å². The van der Waals surface area contributed by atoms with E-state index in [4.69, 9.17) is 4.74 Å². The smallest absolute Gasteiger partial charge is 0.0603 e. The molecule has 0 aromatic carbocycles. The number of ether oxygens (including phenoxy) is 1. The Morgan fingerprint density at radius 3 is 2.14 bits per heavy atom. The van der Waals surface area contributed by atoms with Crippen molar-refractivity contribution in [2.75, 3.05) is 39.8 Å². The number of rotatable bonds is 5. The summed E-state index contributed by atoms with van der Waals surface area (Å²) in [6.45, 7) is 8.77. The van der Waals surface area contributed by atoms with Gasteiger partial charge in [-0.2, -0.15) is 0 Å². The molecule has 1 saturated carbocycles. The lowest BCUT2D eigenvalue weighted by molar-refractivity contribution is -0.0949. The molecule has 3 aliphatic rings. The van der Waals surface area contributed by atoms with Crippen molar-refractivity contribution in [3.8, 4) is 0 Å². The molecule has 0 spiro atoms. The van der Waals surface area contributed by atoms with Gasteiger partial charge < -0.3 is 14.5 Å². The summed E-state index contributed by atoms with van der Waals surface area (Å²) >= 11 is 0. The Hall–Kier alpha value is -0.120. The SMILES string of the molecule is CC[C@H]1C[C@H](OC2CCN(CC3CCN(C)CC3)CC2)C1. The van der Waals surface area contributed by atoms with Gasteiger partial charge in [0.25, 0.3) is 0 Å². The van der Waals surface area contributed by atoms with Crippen molar-refractivity contribution in [2.24, 2.45) is 11.8 Å². The van der Waals surface area contributed by atoms with E-state index in [1.54, 1.807) is 0 Å². The van der Waals surface area contributed by atoms with Crippen LogP contribution in [0.2, 0.25) is 0 Å². The molecule has 0 radical (unpaired) electrons. The second-order valence-electron chi connectivity index (χ2n) is 7.75. The van der Waals surface area contributed by atoms with Crippen LogP contribution in [0.4, 0.5) is 0 Å². The first-order valence-electron chi connectivity index (χ1n) is 9.29. The molecule has 2 saturated heterocycles. The molecular formula is C18H34N2O. The largest absolute Gasteiger partial charge is 0.375 e. The number of hydrogen-bond donors (Lipinski definition) is 0. The molecule has 1 aliphatic carbocycles. The second kappa shape index (κ2) is 7.43. The van der Waals surface area contributed by atoms with Crippen molar-refractivity contribution in [3.05, 3.63) is 0 Å². The lowest BCUT2D eigenvalue weighted by Crippen LogP contribution is -2.44. The van der Waals surface area contributed by atoms with Gasteiger partial charge in [0, 0.05) is 19.6 Å². The molecule has 3 heteroatoms. The van der Waals surface area contributed by atoms with Crippen molar-refractivity contribution >= 4 is 0 Å². The van der Waals surface area contributed by atoms with E-state index in [1.807, 2.05) is 0 Å². The van der Waals surface area contributed by atoms with E-state index < -0.39 is 0 Å². The zero-order valence-corrected chi connectivity index (χ0v) is 14.1. The molecule has 21 heavy (non-hydrogen) atoms. The van der Waals surface area contributed by atoms with Crippen molar-refractivity contribution in [3.63, 3.8) is 0 Å². The van der Waals surface area contributed by atoms with Gasteiger partial charge in [-0.25, -0.2) is 0 Å². The van der Waals surface area contributed by atoms with Gasteiger partial charge in [-0.1, -0.05) is 13.3 Å². The second-order valence-corrected chi connectivity index (χ2v) is 7.75. The first-order chi connectivity index (χ1) is 10.2. The summed E-state index contributed by atoms with van der Waals surface area (Å²) in [5, 5.41) is 0. The monoisotopic (exact) mass is 294 g/mol. The highest BCUT2D eigenvalue weighted by Crippen LogP contribution is 2.34. The van der Waals surface area contributed by atoms with E-state index in [1.165, 1.54) is 77.7 Å². The predicted octanol–water partition coefficient (Wildman–Crippen LogP) is 3.00. The molecule has 2 heterocycles. The minimum Gasteiger partial charge on any atom is -0.375 e. The maximum Gasteiger partial charge on any atom is 0.0603 e. The van der Waals surface area contributed by atoms with E-state index in [9.17, 15) is 0 Å². The van der Waals surface area contributed by atoms with E-state index >= 15 is 0 Å². The van der Waals surface area contributed by atoms with E-state index in [-0.39, 0.29) is 0 Å². The average molecular weight is 294 g/mol. The number of hydrogen-bond acceptors (Lipinski definition) is 3. The maximum atomic E-state index is 6.28. The summed E-state index contributed by atoms with van der Waals surface area (Å²) in [4.78, 5) is 5.17. The minimum atomic E-state index is 0.557. The van der Waals surface area contributed by atoms with Gasteiger partial charge in [0.2, 0.25) is 0 Å². The first-order valence-corrected chi connectivity index (χ1v) is 9.29. The molecule has 0 atom stereocenters. The third-order valence-electron chi connectivity index (χ3n) is 6.04. The topological polar surface area (TPSA) is 15.7 Å². The molecule has 0 unspecified atom stereocenters. The summed E-state index contributed by atoms with van der Waals surface area (Å²) in [7, 11) is 2.25. The van der Waals surface area contributed by atoms with Crippen LogP contribution >= 0.6 is 0 Å². The van der Waals surface area contributed by atoms with Crippen molar-refractivity contribution in [1.29, 1.82) is 0 Å². The normalized spacial score (nSPS) is 34.0.